The van der Waals surface area contributed by atoms with E-state index in [0.717, 1.165) is 43.0 Å². The minimum atomic E-state index is -0.686. The first kappa shape index (κ1) is 25.5. The number of amides is 2. The molecular formula is C29H37N3O5. The maximum Gasteiger partial charge on any atom is 0.271 e. The highest BCUT2D eigenvalue weighted by Crippen LogP contribution is 2.43. The molecule has 3 fully saturated rings. The molecule has 5 atom stereocenters. The fraction of sp³-hybridized carbons (Fsp3) is 0.586. The van der Waals surface area contributed by atoms with Gasteiger partial charge in [0, 0.05) is 36.2 Å². The van der Waals surface area contributed by atoms with Crippen LogP contribution in [0.3, 0.4) is 0 Å². The maximum atomic E-state index is 13.8. The van der Waals surface area contributed by atoms with E-state index in [2.05, 4.69) is 10.3 Å². The van der Waals surface area contributed by atoms with Gasteiger partial charge < -0.3 is 19.9 Å². The number of hydrogen-bond donors (Lipinski definition) is 2. The summed E-state index contributed by atoms with van der Waals surface area (Å²) in [6.45, 7) is 2.47. The number of Topliss-reactive ketones (excluding diaryl/α,β-unsaturated/α-hetero) is 2. The topological polar surface area (TPSA) is 109 Å². The van der Waals surface area contributed by atoms with Gasteiger partial charge in [0.05, 0.1) is 13.2 Å². The van der Waals surface area contributed by atoms with Gasteiger partial charge in [0.2, 0.25) is 5.91 Å². The Kier molecular flexibility index (Phi) is 7.36. The number of carbonyl (C=O) groups is 4. The van der Waals surface area contributed by atoms with E-state index in [4.69, 9.17) is 4.74 Å². The van der Waals surface area contributed by atoms with Gasteiger partial charge in [-0.1, -0.05) is 19.4 Å². The smallest absolute Gasteiger partial charge is 0.271 e. The molecule has 5 rings (SSSR count). The molecule has 0 bridgehead atoms. The van der Waals surface area contributed by atoms with Crippen LogP contribution < -0.4 is 10.1 Å². The van der Waals surface area contributed by atoms with Gasteiger partial charge in [-0.2, -0.15) is 0 Å². The Hall–Kier alpha value is -3.16. The Morgan fingerprint density at radius 1 is 1.19 bits per heavy atom. The van der Waals surface area contributed by atoms with Crippen LogP contribution in [0.1, 0.15) is 75.2 Å². The van der Waals surface area contributed by atoms with Crippen LogP contribution in [0, 0.1) is 17.8 Å². The molecule has 37 heavy (non-hydrogen) atoms. The number of aromatic nitrogens is 1. The van der Waals surface area contributed by atoms with Crippen molar-refractivity contribution in [1.29, 1.82) is 0 Å². The SMILES string of the molecule is CCCC(=O)[C@H](C[C@@H]1CCCC1=O)NC(=O)[C@@H]1[C@H]2CCC[C@H]2CN1C(=O)c1cc2c(OC)cccc2[nH]1. The molecule has 0 radical (unpaired) electrons. The van der Waals surface area contributed by atoms with Crippen LogP contribution in [0.15, 0.2) is 24.3 Å². The van der Waals surface area contributed by atoms with Gasteiger partial charge in [-0.3, -0.25) is 19.2 Å². The summed E-state index contributed by atoms with van der Waals surface area (Å²) < 4.78 is 5.45. The molecule has 2 heterocycles. The number of fused-ring (bicyclic) bond motifs is 2. The molecular weight excluding hydrogens is 470 g/mol. The summed E-state index contributed by atoms with van der Waals surface area (Å²) >= 11 is 0. The highest BCUT2D eigenvalue weighted by molar-refractivity contribution is 6.02. The number of methoxy groups -OCH3 is 1. The normalized spacial score (nSPS) is 25.9. The van der Waals surface area contributed by atoms with Crippen LogP contribution in [-0.4, -0.2) is 59.0 Å². The van der Waals surface area contributed by atoms with Crippen molar-refractivity contribution in [1.82, 2.24) is 15.2 Å². The maximum absolute atomic E-state index is 13.8. The number of carbonyl (C=O) groups excluding carboxylic acids is 4. The third kappa shape index (κ3) is 4.90. The zero-order valence-electron chi connectivity index (χ0n) is 21.8. The second kappa shape index (κ2) is 10.7. The molecule has 2 aromatic rings. The lowest BCUT2D eigenvalue weighted by Gasteiger charge is -2.29. The first-order valence-corrected chi connectivity index (χ1v) is 13.7. The van der Waals surface area contributed by atoms with E-state index in [0.29, 0.717) is 43.7 Å². The van der Waals surface area contributed by atoms with Crippen LogP contribution >= 0.6 is 0 Å². The average Bonchev–Trinajstić information content (AvgIpc) is 3.66. The average molecular weight is 508 g/mol. The molecule has 2 N–H and O–H groups in total. The van der Waals surface area contributed by atoms with Crippen LogP contribution in [0.2, 0.25) is 0 Å². The number of benzene rings is 1. The zero-order valence-corrected chi connectivity index (χ0v) is 21.8. The Balaban J connectivity index is 1.39. The van der Waals surface area contributed by atoms with Crippen molar-refractivity contribution in [2.45, 2.75) is 76.8 Å². The van der Waals surface area contributed by atoms with E-state index in [1.54, 1.807) is 18.1 Å². The number of likely N-dealkylation sites (tertiary alicyclic amines) is 1. The highest BCUT2D eigenvalue weighted by Gasteiger charge is 2.50. The summed E-state index contributed by atoms with van der Waals surface area (Å²) in [5.41, 5.74) is 1.22. The van der Waals surface area contributed by atoms with Crippen LogP contribution in [0.25, 0.3) is 10.9 Å². The number of aromatic amines is 1. The molecule has 2 saturated carbocycles. The number of hydrogen-bond acceptors (Lipinski definition) is 5. The molecule has 1 aliphatic heterocycles. The fourth-order valence-electron chi connectivity index (χ4n) is 6.80. The minimum absolute atomic E-state index is 0.0305. The van der Waals surface area contributed by atoms with Crippen molar-refractivity contribution >= 4 is 34.3 Å². The van der Waals surface area contributed by atoms with Crippen molar-refractivity contribution in [2.24, 2.45) is 17.8 Å². The van der Waals surface area contributed by atoms with E-state index < -0.39 is 12.1 Å². The van der Waals surface area contributed by atoms with Gasteiger partial charge >= 0.3 is 0 Å². The lowest BCUT2D eigenvalue weighted by Crippen LogP contribution is -2.53. The Bertz CT molecular complexity index is 1200. The quantitative estimate of drug-likeness (QED) is 0.533. The Morgan fingerprint density at radius 2 is 2.03 bits per heavy atom. The van der Waals surface area contributed by atoms with E-state index >= 15 is 0 Å². The van der Waals surface area contributed by atoms with Gasteiger partial charge in [-0.25, -0.2) is 0 Å². The van der Waals surface area contributed by atoms with Gasteiger partial charge in [0.1, 0.15) is 23.3 Å². The van der Waals surface area contributed by atoms with Gasteiger partial charge in [-0.05, 0) is 68.6 Å². The van der Waals surface area contributed by atoms with E-state index in [1.807, 2.05) is 25.1 Å². The van der Waals surface area contributed by atoms with Crippen molar-refractivity contribution in [3.8, 4) is 5.75 Å². The molecule has 3 aliphatic rings. The van der Waals surface area contributed by atoms with Crippen molar-refractivity contribution in [2.75, 3.05) is 13.7 Å². The molecule has 8 nitrogen and oxygen atoms in total. The molecule has 8 heteroatoms. The fourth-order valence-corrected chi connectivity index (χ4v) is 6.80. The number of ether oxygens (including phenoxy) is 1. The Morgan fingerprint density at radius 3 is 2.76 bits per heavy atom. The minimum Gasteiger partial charge on any atom is -0.496 e. The standard InChI is InChI=1S/C29H37N3O5/c1-3-7-25(34)22(14-17-8-5-12-24(17)33)31-28(35)27-19-10-4-9-18(19)16-32(27)29(36)23-15-20-21(30-23)11-6-13-26(20)37-2/h6,11,13,15,17-19,22,27,30H,3-5,7-10,12,14,16H2,1-2H3,(H,31,35)/t17-,18-,19-,22-,27-/m0/s1. The third-order valence-electron chi connectivity index (χ3n) is 8.65. The molecule has 1 saturated heterocycles. The number of nitrogens with zero attached hydrogens (tertiary/aromatic N) is 1. The highest BCUT2D eigenvalue weighted by atomic mass is 16.5. The predicted octanol–water partition coefficient (Wildman–Crippen LogP) is 4.03. The largest absolute Gasteiger partial charge is 0.496 e. The zero-order chi connectivity index (χ0) is 26.1. The number of ketones is 2. The Labute approximate surface area is 217 Å². The molecule has 0 unspecified atom stereocenters. The number of H-pyrrole nitrogens is 1. The molecule has 0 spiro atoms. The second-order valence-corrected chi connectivity index (χ2v) is 10.9. The monoisotopic (exact) mass is 507 g/mol. The van der Waals surface area contributed by atoms with Crippen LogP contribution in [0.5, 0.6) is 5.75 Å². The van der Waals surface area contributed by atoms with Crippen molar-refractivity contribution in [3.63, 3.8) is 0 Å². The van der Waals surface area contributed by atoms with Gasteiger partial charge in [-0.15, -0.1) is 0 Å². The number of nitrogens with one attached hydrogen (secondary N) is 2. The summed E-state index contributed by atoms with van der Waals surface area (Å²) in [6.07, 6.45) is 6.50. The van der Waals surface area contributed by atoms with Crippen molar-refractivity contribution in [3.05, 3.63) is 30.0 Å². The molecule has 198 valence electrons. The van der Waals surface area contributed by atoms with Crippen LogP contribution in [-0.2, 0) is 14.4 Å². The summed E-state index contributed by atoms with van der Waals surface area (Å²) in [6, 6.07) is 6.10. The predicted molar refractivity (Wildman–Crippen MR) is 139 cm³/mol. The van der Waals surface area contributed by atoms with Crippen LogP contribution in [0.4, 0.5) is 0 Å². The molecule has 1 aromatic carbocycles. The third-order valence-corrected chi connectivity index (χ3v) is 8.65. The van der Waals surface area contributed by atoms with Crippen molar-refractivity contribution < 1.29 is 23.9 Å². The molecule has 1 aromatic heterocycles. The molecule has 2 aliphatic carbocycles. The first-order valence-electron chi connectivity index (χ1n) is 13.7. The lowest BCUT2D eigenvalue weighted by atomic mass is 9.91. The summed E-state index contributed by atoms with van der Waals surface area (Å²) in [4.78, 5) is 57.8. The van der Waals surface area contributed by atoms with E-state index in [1.165, 1.54) is 0 Å². The second-order valence-electron chi connectivity index (χ2n) is 10.9. The summed E-state index contributed by atoms with van der Waals surface area (Å²) in [5.74, 6) is 0.541. The lowest BCUT2D eigenvalue weighted by molar-refractivity contribution is -0.132. The summed E-state index contributed by atoms with van der Waals surface area (Å²) in [5, 5.41) is 3.84. The van der Waals surface area contributed by atoms with Gasteiger partial charge in [0.15, 0.2) is 5.78 Å². The summed E-state index contributed by atoms with van der Waals surface area (Å²) in [7, 11) is 1.60. The first-order chi connectivity index (χ1) is 17.9. The molecule has 2 amide bonds. The van der Waals surface area contributed by atoms with E-state index in [-0.39, 0.29) is 41.1 Å². The van der Waals surface area contributed by atoms with Gasteiger partial charge in [0.25, 0.3) is 5.91 Å². The van der Waals surface area contributed by atoms with E-state index in [9.17, 15) is 19.2 Å². The number of rotatable bonds is 9.